The van der Waals surface area contributed by atoms with Gasteiger partial charge in [-0.3, -0.25) is 4.68 Å². The maximum absolute atomic E-state index is 5.99. The summed E-state index contributed by atoms with van der Waals surface area (Å²) >= 11 is 5.98. The molecule has 6 nitrogen and oxygen atoms in total. The van der Waals surface area contributed by atoms with Gasteiger partial charge >= 0.3 is 0 Å². The first-order valence-corrected chi connectivity index (χ1v) is 9.38. The molecule has 0 spiro atoms. The number of nitrogens with zero attached hydrogens (tertiary/aromatic N) is 4. The maximum Gasteiger partial charge on any atom is 0.278 e. The van der Waals surface area contributed by atoms with Crippen molar-refractivity contribution in [2.45, 2.75) is 26.2 Å². The minimum atomic E-state index is -0.0664. The summed E-state index contributed by atoms with van der Waals surface area (Å²) in [6, 6.07) is 17.6. The topological polar surface area (TPSA) is 66.0 Å². The average molecular weight is 393 g/mol. The maximum atomic E-state index is 5.99. The van der Waals surface area contributed by atoms with E-state index in [-0.39, 0.29) is 6.10 Å². The first-order chi connectivity index (χ1) is 13.7. The van der Waals surface area contributed by atoms with Crippen LogP contribution in [0.1, 0.15) is 22.9 Å². The highest BCUT2D eigenvalue weighted by Crippen LogP contribution is 2.30. The van der Waals surface area contributed by atoms with E-state index >= 15 is 0 Å². The molecule has 2 aromatic heterocycles. The fraction of sp³-hybridized carbons (Fsp3) is 0.190. The van der Waals surface area contributed by atoms with Crippen molar-refractivity contribution in [3.05, 3.63) is 76.4 Å². The fourth-order valence-electron chi connectivity index (χ4n) is 3.26. The predicted octanol–water partition coefficient (Wildman–Crippen LogP) is 4.83. The molecule has 0 saturated carbocycles. The molecule has 1 atom stereocenters. The second-order valence-electron chi connectivity index (χ2n) is 6.84. The number of benzene rings is 2. The molecule has 3 heterocycles. The minimum Gasteiger partial charge on any atom is -0.365 e. The van der Waals surface area contributed by atoms with E-state index in [1.54, 1.807) is 0 Å². The van der Waals surface area contributed by atoms with Crippen LogP contribution in [0, 0.1) is 6.92 Å². The van der Waals surface area contributed by atoms with Crippen LogP contribution in [0.2, 0.25) is 5.02 Å². The Morgan fingerprint density at radius 1 is 1.07 bits per heavy atom. The Bertz CT molecular complexity index is 1120. The molecule has 0 fully saturated rings. The average Bonchev–Trinajstić information content (AvgIpc) is 3.35. The Balaban J connectivity index is 1.39. The Kier molecular flexibility index (Phi) is 4.22. The number of halogens is 1. The first kappa shape index (κ1) is 17.2. The molecule has 0 saturated heterocycles. The molecule has 0 bridgehead atoms. The molecule has 2 aromatic carbocycles. The van der Waals surface area contributed by atoms with Crippen molar-refractivity contribution in [2.24, 2.45) is 0 Å². The van der Waals surface area contributed by atoms with Crippen molar-refractivity contribution in [1.82, 2.24) is 19.9 Å². The van der Waals surface area contributed by atoms with Gasteiger partial charge in [-0.25, -0.2) is 0 Å². The first-order valence-electron chi connectivity index (χ1n) is 9.00. The van der Waals surface area contributed by atoms with Crippen molar-refractivity contribution in [1.29, 1.82) is 0 Å². The van der Waals surface area contributed by atoms with Gasteiger partial charge in [0.1, 0.15) is 6.10 Å². The predicted molar refractivity (Wildman–Crippen MR) is 105 cm³/mol. The summed E-state index contributed by atoms with van der Waals surface area (Å²) in [5.74, 6) is 0.955. The van der Waals surface area contributed by atoms with Crippen LogP contribution in [0.25, 0.3) is 23.0 Å². The third kappa shape index (κ3) is 3.21. The Morgan fingerprint density at radius 3 is 2.64 bits per heavy atom. The second kappa shape index (κ2) is 6.89. The minimum absolute atomic E-state index is 0.0664. The summed E-state index contributed by atoms with van der Waals surface area (Å²) in [4.78, 5) is 4.50. The van der Waals surface area contributed by atoms with Gasteiger partial charge in [0.05, 0.1) is 18.8 Å². The molecule has 0 unspecified atom stereocenters. The molecular weight excluding hydrogens is 376 g/mol. The van der Waals surface area contributed by atoms with E-state index in [0.717, 1.165) is 16.8 Å². The van der Waals surface area contributed by atoms with Gasteiger partial charge in [0, 0.05) is 10.6 Å². The zero-order valence-electron chi connectivity index (χ0n) is 15.2. The van der Waals surface area contributed by atoms with Gasteiger partial charge in [0.2, 0.25) is 5.82 Å². The van der Waals surface area contributed by atoms with Crippen molar-refractivity contribution in [2.75, 3.05) is 0 Å². The quantitative estimate of drug-likeness (QED) is 0.499. The van der Waals surface area contributed by atoms with Crippen LogP contribution < -0.4 is 0 Å². The summed E-state index contributed by atoms with van der Waals surface area (Å²) < 4.78 is 13.4. The van der Waals surface area contributed by atoms with E-state index < -0.39 is 0 Å². The van der Waals surface area contributed by atoms with Crippen LogP contribution >= 0.6 is 11.6 Å². The fourth-order valence-corrected chi connectivity index (χ4v) is 3.38. The Morgan fingerprint density at radius 2 is 1.86 bits per heavy atom. The SMILES string of the molecule is Cc1ccc(-c2noc(-c3cc4n(n3)C[C@H](c3ccc(Cl)cc3)OC4)n2)cc1. The van der Waals surface area contributed by atoms with Gasteiger partial charge in [0.25, 0.3) is 5.89 Å². The zero-order chi connectivity index (χ0) is 19.1. The van der Waals surface area contributed by atoms with E-state index in [9.17, 15) is 0 Å². The number of aryl methyl sites for hydroxylation is 1. The lowest BCUT2D eigenvalue weighted by molar-refractivity contribution is -0.00112. The lowest BCUT2D eigenvalue weighted by Crippen LogP contribution is -2.21. The van der Waals surface area contributed by atoms with E-state index in [2.05, 4.69) is 15.2 Å². The van der Waals surface area contributed by atoms with Crippen LogP contribution in [0.15, 0.2) is 59.1 Å². The Hall–Kier alpha value is -2.96. The summed E-state index contributed by atoms with van der Waals surface area (Å²) in [5, 5.41) is 9.45. The molecular formula is C21H17ClN4O2. The number of ether oxygens (including phenoxy) is 1. The highest BCUT2D eigenvalue weighted by Gasteiger charge is 2.24. The van der Waals surface area contributed by atoms with Gasteiger partial charge in [0.15, 0.2) is 5.69 Å². The van der Waals surface area contributed by atoms with Crippen LogP contribution in [0.5, 0.6) is 0 Å². The third-order valence-corrected chi connectivity index (χ3v) is 5.08. The molecule has 5 rings (SSSR count). The van der Waals surface area contributed by atoms with Crippen LogP contribution in [-0.4, -0.2) is 19.9 Å². The molecule has 28 heavy (non-hydrogen) atoms. The number of fused-ring (bicyclic) bond motifs is 1. The number of hydrogen-bond donors (Lipinski definition) is 0. The summed E-state index contributed by atoms with van der Waals surface area (Å²) in [6.45, 7) is 3.13. The lowest BCUT2D eigenvalue weighted by Gasteiger charge is -2.24. The molecule has 0 amide bonds. The summed E-state index contributed by atoms with van der Waals surface area (Å²) in [7, 11) is 0. The molecule has 140 valence electrons. The van der Waals surface area contributed by atoms with Gasteiger partial charge in [-0.2, -0.15) is 10.1 Å². The summed E-state index contributed by atoms with van der Waals surface area (Å²) in [6.07, 6.45) is -0.0664. The van der Waals surface area contributed by atoms with E-state index in [1.165, 1.54) is 5.56 Å². The van der Waals surface area contributed by atoms with E-state index in [0.29, 0.717) is 35.6 Å². The standard InChI is InChI=1S/C21H17ClN4O2/c1-13-2-4-15(5-3-13)20-23-21(28-25-20)18-10-17-12-27-19(11-26(17)24-18)14-6-8-16(22)9-7-14/h2-10,19H,11-12H2,1H3/t19-/m1/s1. The molecule has 7 heteroatoms. The lowest BCUT2D eigenvalue weighted by atomic mass is 10.1. The molecule has 1 aliphatic rings. The third-order valence-electron chi connectivity index (χ3n) is 4.83. The normalized spacial score (nSPS) is 16.1. The van der Waals surface area contributed by atoms with Crippen molar-refractivity contribution in [3.63, 3.8) is 0 Å². The largest absolute Gasteiger partial charge is 0.365 e. The van der Waals surface area contributed by atoms with Crippen LogP contribution in [0.3, 0.4) is 0 Å². The molecule has 0 aliphatic carbocycles. The van der Waals surface area contributed by atoms with E-state index in [4.69, 9.17) is 20.9 Å². The van der Waals surface area contributed by atoms with Crippen LogP contribution in [0.4, 0.5) is 0 Å². The number of aromatic nitrogens is 4. The number of hydrogen-bond acceptors (Lipinski definition) is 5. The highest BCUT2D eigenvalue weighted by molar-refractivity contribution is 6.30. The molecule has 0 radical (unpaired) electrons. The van der Waals surface area contributed by atoms with Gasteiger partial charge < -0.3 is 9.26 Å². The summed E-state index contributed by atoms with van der Waals surface area (Å²) in [5.41, 5.74) is 4.81. The smallest absolute Gasteiger partial charge is 0.278 e. The zero-order valence-corrected chi connectivity index (χ0v) is 15.9. The number of rotatable bonds is 3. The van der Waals surface area contributed by atoms with Crippen LogP contribution in [-0.2, 0) is 17.9 Å². The molecule has 4 aromatic rings. The van der Waals surface area contributed by atoms with E-state index in [1.807, 2.05) is 66.2 Å². The van der Waals surface area contributed by atoms with Crippen molar-refractivity contribution < 1.29 is 9.26 Å². The monoisotopic (exact) mass is 392 g/mol. The molecule has 1 aliphatic heterocycles. The second-order valence-corrected chi connectivity index (χ2v) is 7.28. The van der Waals surface area contributed by atoms with Gasteiger partial charge in [-0.15, -0.1) is 0 Å². The van der Waals surface area contributed by atoms with Crippen molar-refractivity contribution >= 4 is 11.6 Å². The van der Waals surface area contributed by atoms with Gasteiger partial charge in [-0.1, -0.05) is 58.7 Å². The van der Waals surface area contributed by atoms with Crippen molar-refractivity contribution in [3.8, 4) is 23.0 Å². The highest BCUT2D eigenvalue weighted by atomic mass is 35.5. The molecule has 0 N–H and O–H groups in total. The van der Waals surface area contributed by atoms with Gasteiger partial charge in [-0.05, 0) is 30.7 Å². The Labute approximate surface area is 166 Å².